The average Bonchev–Trinajstić information content (AvgIpc) is 2.68. The smallest absolute Gasteiger partial charge is 0.253 e. The van der Waals surface area contributed by atoms with E-state index in [1.54, 1.807) is 36.3 Å². The number of piperidine rings is 1. The summed E-state index contributed by atoms with van der Waals surface area (Å²) in [7, 11) is 1.58. The van der Waals surface area contributed by atoms with E-state index < -0.39 is 0 Å². The second-order valence-corrected chi connectivity index (χ2v) is 7.23. The third-order valence-electron chi connectivity index (χ3n) is 4.78. The van der Waals surface area contributed by atoms with E-state index >= 15 is 0 Å². The Labute approximate surface area is 164 Å². The third-order valence-corrected chi connectivity index (χ3v) is 5.04. The average molecular weight is 387 g/mol. The highest BCUT2D eigenvalue weighted by atomic mass is 35.5. The fourth-order valence-electron chi connectivity index (χ4n) is 3.30. The molecule has 1 heterocycles. The lowest BCUT2D eigenvalue weighted by molar-refractivity contribution is -0.121. The van der Waals surface area contributed by atoms with Gasteiger partial charge in [-0.15, -0.1) is 0 Å². The highest BCUT2D eigenvalue weighted by Gasteiger charge is 2.29. The molecule has 27 heavy (non-hydrogen) atoms. The summed E-state index contributed by atoms with van der Waals surface area (Å²) in [4.78, 5) is 27.2. The van der Waals surface area contributed by atoms with E-state index in [0.29, 0.717) is 35.1 Å². The minimum Gasteiger partial charge on any atom is -0.495 e. The molecule has 6 heteroatoms. The Balaban J connectivity index is 1.68. The summed E-state index contributed by atoms with van der Waals surface area (Å²) in [5.74, 6) is 0.212. The van der Waals surface area contributed by atoms with Crippen LogP contribution in [-0.4, -0.2) is 36.9 Å². The first-order chi connectivity index (χ1) is 13.0. The zero-order valence-corrected chi connectivity index (χ0v) is 16.3. The fraction of sp³-hybridized carbons (Fsp3) is 0.333. The number of hydrogen-bond donors (Lipinski definition) is 1. The lowest BCUT2D eigenvalue weighted by atomic mass is 9.96. The van der Waals surface area contributed by atoms with Crippen molar-refractivity contribution >= 4 is 29.1 Å². The van der Waals surface area contributed by atoms with E-state index in [1.165, 1.54) is 0 Å². The number of carbonyl (C=O) groups is 2. The molecule has 1 aliphatic heterocycles. The largest absolute Gasteiger partial charge is 0.495 e. The summed E-state index contributed by atoms with van der Waals surface area (Å²) < 4.78 is 5.33. The van der Waals surface area contributed by atoms with Crippen LogP contribution in [0.15, 0.2) is 42.5 Å². The molecule has 0 spiro atoms. The number of rotatable bonds is 4. The molecule has 0 bridgehead atoms. The maximum absolute atomic E-state index is 12.8. The molecule has 1 aliphatic rings. The number of aryl methyl sites for hydroxylation is 1. The predicted molar refractivity (Wildman–Crippen MR) is 106 cm³/mol. The van der Waals surface area contributed by atoms with E-state index in [2.05, 4.69) is 5.32 Å². The van der Waals surface area contributed by atoms with Gasteiger partial charge in [0, 0.05) is 23.7 Å². The van der Waals surface area contributed by atoms with Crippen molar-refractivity contribution in [1.82, 2.24) is 4.90 Å². The van der Waals surface area contributed by atoms with Gasteiger partial charge in [0.05, 0.1) is 18.7 Å². The number of hydrogen-bond acceptors (Lipinski definition) is 3. The van der Waals surface area contributed by atoms with Crippen LogP contribution in [0.3, 0.4) is 0 Å². The Bertz CT molecular complexity index is 836. The van der Waals surface area contributed by atoms with Crippen molar-refractivity contribution < 1.29 is 14.3 Å². The molecule has 0 aliphatic carbocycles. The third kappa shape index (κ3) is 4.61. The highest BCUT2D eigenvalue weighted by Crippen LogP contribution is 2.27. The van der Waals surface area contributed by atoms with E-state index in [4.69, 9.17) is 16.3 Å². The number of amides is 2. The van der Waals surface area contributed by atoms with Crippen molar-refractivity contribution in [3.63, 3.8) is 0 Å². The first-order valence-electron chi connectivity index (χ1n) is 8.98. The standard InChI is InChI=1S/C21H23ClN2O3/c1-14-5-10-19(27-2)18(12-14)23-20(25)16-4-3-11-24(13-16)21(26)15-6-8-17(22)9-7-15/h5-10,12,16H,3-4,11,13H2,1-2H3,(H,23,25). The molecule has 1 N–H and O–H groups in total. The summed E-state index contributed by atoms with van der Waals surface area (Å²) in [6, 6.07) is 12.5. The van der Waals surface area contributed by atoms with Crippen molar-refractivity contribution in [2.75, 3.05) is 25.5 Å². The van der Waals surface area contributed by atoms with Gasteiger partial charge in [-0.1, -0.05) is 17.7 Å². The highest BCUT2D eigenvalue weighted by molar-refractivity contribution is 6.30. The van der Waals surface area contributed by atoms with Gasteiger partial charge >= 0.3 is 0 Å². The van der Waals surface area contributed by atoms with E-state index in [1.807, 2.05) is 25.1 Å². The fourth-order valence-corrected chi connectivity index (χ4v) is 3.43. The molecule has 0 saturated carbocycles. The second-order valence-electron chi connectivity index (χ2n) is 6.79. The Kier molecular flexibility index (Phi) is 6.01. The molecule has 5 nitrogen and oxygen atoms in total. The summed E-state index contributed by atoms with van der Waals surface area (Å²) >= 11 is 5.89. The van der Waals surface area contributed by atoms with Crippen LogP contribution in [0.25, 0.3) is 0 Å². The van der Waals surface area contributed by atoms with Crippen LogP contribution in [-0.2, 0) is 4.79 Å². The van der Waals surface area contributed by atoms with Gasteiger partial charge in [0.2, 0.25) is 5.91 Å². The van der Waals surface area contributed by atoms with E-state index in [-0.39, 0.29) is 17.7 Å². The van der Waals surface area contributed by atoms with Crippen molar-refractivity contribution in [3.05, 3.63) is 58.6 Å². The van der Waals surface area contributed by atoms with Gasteiger partial charge in [-0.25, -0.2) is 0 Å². The molecule has 0 radical (unpaired) electrons. The van der Waals surface area contributed by atoms with Crippen molar-refractivity contribution in [2.24, 2.45) is 5.92 Å². The number of benzene rings is 2. The van der Waals surface area contributed by atoms with E-state index in [0.717, 1.165) is 18.4 Å². The summed E-state index contributed by atoms with van der Waals surface area (Å²) in [5, 5.41) is 3.55. The van der Waals surface area contributed by atoms with Gasteiger partial charge in [0.1, 0.15) is 5.75 Å². The Hall–Kier alpha value is -2.53. The maximum atomic E-state index is 12.8. The quantitative estimate of drug-likeness (QED) is 0.858. The lowest BCUT2D eigenvalue weighted by Crippen LogP contribution is -2.43. The number of halogens is 1. The number of nitrogens with one attached hydrogen (secondary N) is 1. The van der Waals surface area contributed by atoms with Gasteiger partial charge in [-0.3, -0.25) is 9.59 Å². The van der Waals surface area contributed by atoms with Gasteiger partial charge in [-0.05, 0) is 61.7 Å². The molecule has 1 atom stereocenters. The van der Waals surface area contributed by atoms with E-state index in [9.17, 15) is 9.59 Å². The van der Waals surface area contributed by atoms with Crippen LogP contribution in [0.4, 0.5) is 5.69 Å². The number of nitrogens with zero attached hydrogens (tertiary/aromatic N) is 1. The predicted octanol–water partition coefficient (Wildman–Crippen LogP) is 4.15. The minimum atomic E-state index is -0.250. The Morgan fingerprint density at radius 1 is 1.19 bits per heavy atom. The van der Waals surface area contributed by atoms with Gasteiger partial charge in [0.15, 0.2) is 0 Å². The molecule has 142 valence electrons. The van der Waals surface area contributed by atoms with Crippen LogP contribution < -0.4 is 10.1 Å². The van der Waals surface area contributed by atoms with Gasteiger partial charge in [-0.2, -0.15) is 0 Å². The molecule has 1 saturated heterocycles. The lowest BCUT2D eigenvalue weighted by Gasteiger charge is -2.32. The maximum Gasteiger partial charge on any atom is 0.253 e. The molecular weight excluding hydrogens is 364 g/mol. The minimum absolute atomic E-state index is 0.0719. The second kappa shape index (κ2) is 8.44. The van der Waals surface area contributed by atoms with Crippen molar-refractivity contribution in [1.29, 1.82) is 0 Å². The molecule has 3 rings (SSSR count). The van der Waals surface area contributed by atoms with Crippen LogP contribution in [0.1, 0.15) is 28.8 Å². The number of carbonyl (C=O) groups excluding carboxylic acids is 2. The molecule has 1 unspecified atom stereocenters. The van der Waals surface area contributed by atoms with Gasteiger partial charge < -0.3 is 15.0 Å². The first-order valence-corrected chi connectivity index (χ1v) is 9.36. The normalized spacial score (nSPS) is 16.7. The monoisotopic (exact) mass is 386 g/mol. The van der Waals surface area contributed by atoms with Crippen molar-refractivity contribution in [3.8, 4) is 5.75 Å². The van der Waals surface area contributed by atoms with Gasteiger partial charge in [0.25, 0.3) is 5.91 Å². The summed E-state index contributed by atoms with van der Waals surface area (Å²) in [6.07, 6.45) is 1.55. The molecule has 2 amide bonds. The first kappa shape index (κ1) is 19.2. The molecular formula is C21H23ClN2O3. The summed E-state index contributed by atoms with van der Waals surface area (Å²) in [5.41, 5.74) is 2.28. The van der Waals surface area contributed by atoms with Crippen LogP contribution in [0, 0.1) is 12.8 Å². The summed E-state index contributed by atoms with van der Waals surface area (Å²) in [6.45, 7) is 3.02. The number of likely N-dealkylation sites (tertiary alicyclic amines) is 1. The number of anilines is 1. The zero-order valence-electron chi connectivity index (χ0n) is 15.5. The van der Waals surface area contributed by atoms with Crippen LogP contribution in [0.5, 0.6) is 5.75 Å². The molecule has 2 aromatic carbocycles. The topological polar surface area (TPSA) is 58.6 Å². The van der Waals surface area contributed by atoms with Crippen molar-refractivity contribution in [2.45, 2.75) is 19.8 Å². The van der Waals surface area contributed by atoms with Crippen LogP contribution in [0.2, 0.25) is 5.02 Å². The van der Waals surface area contributed by atoms with Crippen LogP contribution >= 0.6 is 11.6 Å². The number of methoxy groups -OCH3 is 1. The molecule has 2 aromatic rings. The Morgan fingerprint density at radius 3 is 2.63 bits per heavy atom. The Morgan fingerprint density at radius 2 is 1.93 bits per heavy atom. The number of ether oxygens (including phenoxy) is 1. The molecule has 1 fully saturated rings. The SMILES string of the molecule is COc1ccc(C)cc1NC(=O)C1CCCN(C(=O)c2ccc(Cl)cc2)C1. The zero-order chi connectivity index (χ0) is 19.4. The molecule has 0 aromatic heterocycles.